The summed E-state index contributed by atoms with van der Waals surface area (Å²) in [6.07, 6.45) is -6.02. The molecule has 0 aliphatic carbocycles. The molecule has 0 bridgehead atoms. The minimum atomic E-state index is -5.58. The number of unbranched alkanes of at least 4 members (excludes halogenated alkanes) is 1. The first-order valence-corrected chi connectivity index (χ1v) is 24.1. The molecule has 25 nitrogen and oxygen atoms in total. The number of anilines is 1. The molecule has 1 aliphatic heterocycles. The van der Waals surface area contributed by atoms with E-state index in [4.69, 9.17) is 19.5 Å². The van der Waals surface area contributed by atoms with E-state index in [9.17, 15) is 63.0 Å². The Morgan fingerprint density at radius 3 is 2.40 bits per heavy atom. The van der Waals surface area contributed by atoms with E-state index in [0.29, 0.717) is 6.42 Å². The average molecular weight is 958 g/mol. The minimum absolute atomic E-state index is 0.0264. The van der Waals surface area contributed by atoms with Gasteiger partial charge in [-0.15, -0.1) is 0 Å². The number of nitrogens with two attached hydrogens (primary N) is 1. The normalized spacial score (nSPS) is 22.1. The van der Waals surface area contributed by atoms with Crippen LogP contribution in [0.15, 0.2) is 12.7 Å². The third-order valence-electron chi connectivity index (χ3n) is 7.95. The van der Waals surface area contributed by atoms with Gasteiger partial charge in [-0.1, -0.05) is 13.8 Å². The molecule has 1 saturated heterocycles. The predicted octanol–water partition coefficient (Wildman–Crippen LogP) is -1.75. The number of ether oxygens (including phenoxy) is 1. The van der Waals surface area contributed by atoms with Gasteiger partial charge in [0.15, 0.2) is 17.7 Å². The molecule has 2 aromatic rings. The van der Waals surface area contributed by atoms with Crippen molar-refractivity contribution in [2.24, 2.45) is 5.41 Å². The van der Waals surface area contributed by atoms with Crippen molar-refractivity contribution in [3.8, 4) is 0 Å². The monoisotopic (exact) mass is 957 g/mol. The Balaban J connectivity index is 1.47. The Labute approximate surface area is 338 Å². The molecule has 0 saturated carbocycles. The van der Waals surface area contributed by atoms with E-state index in [-0.39, 0.29) is 47.4 Å². The third kappa shape index (κ3) is 15.6. The van der Waals surface area contributed by atoms with E-state index < -0.39 is 90.7 Å². The van der Waals surface area contributed by atoms with Gasteiger partial charge in [0.25, 0.3) is 0 Å². The van der Waals surface area contributed by atoms with Gasteiger partial charge in [0, 0.05) is 12.0 Å². The number of amides is 2. The van der Waals surface area contributed by atoms with Gasteiger partial charge in [0.2, 0.25) is 5.91 Å². The second-order valence-electron chi connectivity index (χ2n) is 13.0. The van der Waals surface area contributed by atoms with Crippen LogP contribution in [0.1, 0.15) is 45.8 Å². The van der Waals surface area contributed by atoms with Crippen molar-refractivity contribution in [1.82, 2.24) is 30.2 Å². The molecule has 0 radical (unpaired) electrons. The number of hydrogen-bond donors (Lipinski definition) is 10. The summed E-state index contributed by atoms with van der Waals surface area (Å²) in [5.74, 6) is -1.30. The quantitative estimate of drug-likeness (QED) is 0.0317. The van der Waals surface area contributed by atoms with E-state index >= 15 is 0 Å². The van der Waals surface area contributed by atoms with E-state index in [1.54, 1.807) is 16.9 Å². The van der Waals surface area contributed by atoms with Crippen molar-refractivity contribution in [3.05, 3.63) is 12.7 Å². The second kappa shape index (κ2) is 21.6. The molecule has 1 fully saturated rings. The molecule has 0 aromatic carbocycles. The Kier molecular flexibility index (Phi) is 18.7. The number of hydrogen-bond acceptors (Lipinski definition) is 19. The molecule has 4 unspecified atom stereocenters. The van der Waals surface area contributed by atoms with Gasteiger partial charge in [-0.3, -0.25) is 22.9 Å². The predicted molar refractivity (Wildman–Crippen MR) is 200 cm³/mol. The number of aromatic nitrogens is 4. The van der Waals surface area contributed by atoms with Crippen LogP contribution in [-0.4, -0.2) is 151 Å². The SMILES string of the molecule is CC(C)(COP(=O)(O)OP(=O)(O)OC[C@H]1O[C@@H](n2cnc3c(N)ncnc32)[C@H](O)[C@@H]1OP(=O)(O)O)[C@@H](O)C(=O)NCCC(=O)NCCSC(=O)C(O)CCCC[AsH2]. The zero-order chi connectivity index (χ0) is 42.8. The van der Waals surface area contributed by atoms with Gasteiger partial charge in [0.05, 0.1) is 19.5 Å². The fraction of sp³-hybridized carbons (Fsp3) is 0.704. The third-order valence-corrected chi connectivity index (χ3v) is 12.9. The maximum absolute atomic E-state index is 12.7. The Morgan fingerprint density at radius 1 is 1.05 bits per heavy atom. The fourth-order valence-electron chi connectivity index (χ4n) is 4.98. The first-order chi connectivity index (χ1) is 26.5. The fourth-order valence-corrected chi connectivity index (χ4v) is 9.13. The van der Waals surface area contributed by atoms with Crippen molar-refractivity contribution >= 4 is 86.0 Å². The number of nitrogen functional groups attached to an aromatic ring is 1. The summed E-state index contributed by atoms with van der Waals surface area (Å²) in [5, 5.41) is 36.8. The number of imidazole rings is 1. The van der Waals surface area contributed by atoms with E-state index in [1.807, 2.05) is 0 Å². The number of nitrogens with one attached hydrogen (secondary N) is 2. The molecular weight excluding hydrogens is 910 g/mol. The number of aliphatic hydroxyl groups is 3. The summed E-state index contributed by atoms with van der Waals surface area (Å²) in [7, 11) is -16.4. The molecule has 11 N–H and O–H groups in total. The Bertz CT molecular complexity index is 1840. The van der Waals surface area contributed by atoms with E-state index in [2.05, 4.69) is 34.4 Å². The van der Waals surface area contributed by atoms with Gasteiger partial charge < -0.3 is 45.6 Å². The number of carbonyl (C=O) groups excluding carboxylic acids is 3. The van der Waals surface area contributed by atoms with Crippen molar-refractivity contribution < 1.29 is 85.6 Å². The molecular formula is C27H47AsN7O18P3S. The number of fused-ring (bicyclic) bond motifs is 1. The van der Waals surface area contributed by atoms with Gasteiger partial charge in [0.1, 0.15) is 36.3 Å². The molecule has 57 heavy (non-hydrogen) atoms. The van der Waals surface area contributed by atoms with Gasteiger partial charge >= 0.3 is 132 Å². The van der Waals surface area contributed by atoms with Gasteiger partial charge in [-0.25, -0.2) is 28.6 Å². The number of nitrogens with zero attached hydrogens (tertiary/aromatic N) is 4. The average Bonchev–Trinajstić information content (AvgIpc) is 3.68. The topological polar surface area (TPSA) is 384 Å². The van der Waals surface area contributed by atoms with Crippen LogP contribution in [0.4, 0.5) is 5.82 Å². The molecule has 1 aliphatic rings. The summed E-state index contributed by atoms with van der Waals surface area (Å²) in [6, 6.07) is 0. The number of phosphoric ester groups is 3. The number of phosphoric acid groups is 3. The molecule has 3 heterocycles. The molecule has 0 spiro atoms. The number of aliphatic hydroxyl groups excluding tert-OH is 3. The molecule has 9 atom stereocenters. The summed E-state index contributed by atoms with van der Waals surface area (Å²) in [5.41, 5.74) is 4.24. The number of rotatable bonds is 24. The number of carbonyl (C=O) groups is 3. The van der Waals surface area contributed by atoms with Crippen molar-refractivity contribution in [2.45, 2.75) is 81.5 Å². The second-order valence-corrected chi connectivity index (χ2v) is 19.6. The van der Waals surface area contributed by atoms with Crippen molar-refractivity contribution in [3.63, 3.8) is 0 Å². The number of thioether (sulfide) groups is 1. The standard InChI is InChI=1S/C27H47AsN7O18P3S/c1-27(2,21(39)24(40)31-8-6-17(37)30-9-10-57-26(41)15(36)5-3-4-7-28)12-50-56(47,48)53-55(45,46)49-11-16-20(52-54(42,43)44)19(38)25(51-16)35-14-34-18-22(29)32-13-33-23(18)35/h13-16,19-21,25,36,38-39H,3-12,28H2,1-2H3,(H,30,37)(H,31,40)(H,45,46)(H,47,48)(H2,29,32,33)(H2,42,43,44)/t15?,16-,19-,20-,21+,25-/m1/s1. The van der Waals surface area contributed by atoms with Crippen molar-refractivity contribution in [2.75, 3.05) is 37.8 Å². The van der Waals surface area contributed by atoms with Crippen LogP contribution in [-0.2, 0) is 50.7 Å². The van der Waals surface area contributed by atoms with Crippen LogP contribution in [0, 0.1) is 5.41 Å². The van der Waals surface area contributed by atoms with Crippen LogP contribution >= 0.6 is 35.2 Å². The Hall–Kier alpha value is -1.92. The molecule has 3 rings (SSSR count). The van der Waals surface area contributed by atoms with E-state index in [0.717, 1.165) is 47.0 Å². The maximum atomic E-state index is 12.7. The molecule has 30 heteroatoms. The summed E-state index contributed by atoms with van der Waals surface area (Å²) in [4.78, 5) is 87.6. The van der Waals surface area contributed by atoms with Crippen molar-refractivity contribution in [1.29, 1.82) is 0 Å². The van der Waals surface area contributed by atoms with Crippen LogP contribution in [0.25, 0.3) is 11.2 Å². The Morgan fingerprint density at radius 2 is 1.74 bits per heavy atom. The van der Waals surface area contributed by atoms with E-state index in [1.165, 1.54) is 13.8 Å². The zero-order valence-electron chi connectivity index (χ0n) is 30.5. The molecule has 324 valence electrons. The van der Waals surface area contributed by atoms with Crippen LogP contribution in [0.2, 0.25) is 5.21 Å². The summed E-state index contributed by atoms with van der Waals surface area (Å²) >= 11 is 2.47. The van der Waals surface area contributed by atoms with Gasteiger partial charge in [-0.05, 0) is 0 Å². The molecule has 2 amide bonds. The first kappa shape index (κ1) is 49.4. The van der Waals surface area contributed by atoms with Crippen LogP contribution < -0.4 is 16.4 Å². The molecule has 2 aromatic heterocycles. The van der Waals surface area contributed by atoms with Crippen LogP contribution in [0.5, 0.6) is 0 Å². The van der Waals surface area contributed by atoms with Crippen LogP contribution in [0.3, 0.4) is 0 Å². The summed E-state index contributed by atoms with van der Waals surface area (Å²) < 4.78 is 62.1. The summed E-state index contributed by atoms with van der Waals surface area (Å²) in [6.45, 7) is 0.340. The zero-order valence-corrected chi connectivity index (χ0v) is 36.4. The first-order valence-electron chi connectivity index (χ1n) is 16.9. The van der Waals surface area contributed by atoms with Gasteiger partial charge in [-0.2, -0.15) is 4.31 Å².